The van der Waals surface area contributed by atoms with Crippen molar-refractivity contribution in [3.63, 3.8) is 0 Å². The molecule has 0 aliphatic heterocycles. The van der Waals surface area contributed by atoms with Gasteiger partial charge in [0.1, 0.15) is 5.75 Å². The van der Waals surface area contributed by atoms with Crippen LogP contribution in [0.5, 0.6) is 5.75 Å². The summed E-state index contributed by atoms with van der Waals surface area (Å²) in [5, 5.41) is 5.09. The molecular formula is C21H21NO2. The van der Waals surface area contributed by atoms with Crippen molar-refractivity contribution in [2.24, 2.45) is 0 Å². The molecule has 0 saturated carbocycles. The van der Waals surface area contributed by atoms with E-state index in [0.29, 0.717) is 0 Å². The minimum atomic E-state index is -0.573. The number of anilines is 1. The summed E-state index contributed by atoms with van der Waals surface area (Å²) in [6.45, 7) is 3.86. The SMILES string of the molecule is CCc1cccc(OC(C)C(=O)Nc2cccc3ccccc23)c1. The summed E-state index contributed by atoms with van der Waals surface area (Å²) in [6.07, 6.45) is 0.365. The van der Waals surface area contributed by atoms with E-state index in [9.17, 15) is 4.79 Å². The van der Waals surface area contributed by atoms with Crippen LogP contribution in [0.25, 0.3) is 10.8 Å². The van der Waals surface area contributed by atoms with Crippen molar-refractivity contribution in [2.75, 3.05) is 5.32 Å². The van der Waals surface area contributed by atoms with Gasteiger partial charge in [-0.15, -0.1) is 0 Å². The van der Waals surface area contributed by atoms with Gasteiger partial charge in [-0.1, -0.05) is 55.5 Å². The molecule has 0 heterocycles. The van der Waals surface area contributed by atoms with Crippen LogP contribution in [0, 0.1) is 0 Å². The Morgan fingerprint density at radius 3 is 2.62 bits per heavy atom. The van der Waals surface area contributed by atoms with Crippen LogP contribution in [0.15, 0.2) is 66.7 Å². The van der Waals surface area contributed by atoms with E-state index in [1.54, 1.807) is 6.92 Å². The number of aryl methyl sites for hydroxylation is 1. The van der Waals surface area contributed by atoms with Gasteiger partial charge in [0.05, 0.1) is 0 Å². The van der Waals surface area contributed by atoms with Gasteiger partial charge in [0, 0.05) is 11.1 Å². The Hall–Kier alpha value is -2.81. The molecule has 1 atom stereocenters. The number of amides is 1. The van der Waals surface area contributed by atoms with Gasteiger partial charge in [0.2, 0.25) is 0 Å². The van der Waals surface area contributed by atoms with Crippen LogP contribution in [0.1, 0.15) is 19.4 Å². The molecule has 3 heteroatoms. The Labute approximate surface area is 142 Å². The molecule has 0 aliphatic rings. The minimum absolute atomic E-state index is 0.159. The zero-order valence-electron chi connectivity index (χ0n) is 14.0. The summed E-state index contributed by atoms with van der Waals surface area (Å²) in [4.78, 5) is 12.5. The van der Waals surface area contributed by atoms with Crippen molar-refractivity contribution in [1.29, 1.82) is 0 Å². The molecule has 3 aromatic carbocycles. The topological polar surface area (TPSA) is 38.3 Å². The molecule has 1 unspecified atom stereocenters. The molecule has 0 bridgehead atoms. The molecule has 0 fully saturated rings. The van der Waals surface area contributed by atoms with Crippen molar-refractivity contribution in [2.45, 2.75) is 26.4 Å². The Bertz CT molecular complexity index is 852. The second-order valence-electron chi connectivity index (χ2n) is 5.78. The van der Waals surface area contributed by atoms with Crippen molar-refractivity contribution < 1.29 is 9.53 Å². The van der Waals surface area contributed by atoms with E-state index in [4.69, 9.17) is 4.74 Å². The smallest absolute Gasteiger partial charge is 0.265 e. The maximum absolute atomic E-state index is 12.5. The number of hydrogen-bond donors (Lipinski definition) is 1. The maximum Gasteiger partial charge on any atom is 0.265 e. The molecule has 1 N–H and O–H groups in total. The van der Waals surface area contributed by atoms with Crippen LogP contribution in [0.3, 0.4) is 0 Å². The van der Waals surface area contributed by atoms with Crippen LogP contribution < -0.4 is 10.1 Å². The summed E-state index contributed by atoms with van der Waals surface area (Å²) in [6, 6.07) is 21.7. The average molecular weight is 319 g/mol. The lowest BCUT2D eigenvalue weighted by Crippen LogP contribution is -2.30. The Kier molecular flexibility index (Phi) is 4.80. The molecule has 0 spiro atoms. The lowest BCUT2D eigenvalue weighted by atomic mass is 10.1. The fourth-order valence-corrected chi connectivity index (χ4v) is 2.67. The zero-order valence-corrected chi connectivity index (χ0v) is 14.0. The number of ether oxygens (including phenoxy) is 1. The van der Waals surface area contributed by atoms with Gasteiger partial charge in [-0.3, -0.25) is 4.79 Å². The second-order valence-corrected chi connectivity index (χ2v) is 5.78. The van der Waals surface area contributed by atoms with Gasteiger partial charge in [-0.2, -0.15) is 0 Å². The number of carbonyl (C=O) groups excluding carboxylic acids is 1. The molecule has 24 heavy (non-hydrogen) atoms. The van der Waals surface area contributed by atoms with Gasteiger partial charge < -0.3 is 10.1 Å². The minimum Gasteiger partial charge on any atom is -0.481 e. The van der Waals surface area contributed by atoms with Gasteiger partial charge >= 0.3 is 0 Å². The lowest BCUT2D eigenvalue weighted by Gasteiger charge is -2.16. The first kappa shape index (κ1) is 16.1. The van der Waals surface area contributed by atoms with Crippen molar-refractivity contribution in [3.05, 3.63) is 72.3 Å². The Balaban J connectivity index is 1.73. The van der Waals surface area contributed by atoms with Crippen LogP contribution in [0.4, 0.5) is 5.69 Å². The summed E-state index contributed by atoms with van der Waals surface area (Å²) >= 11 is 0. The van der Waals surface area contributed by atoms with Gasteiger partial charge in [-0.05, 0) is 42.5 Å². The molecule has 0 radical (unpaired) electrons. The molecule has 3 nitrogen and oxygen atoms in total. The third-order valence-corrected chi connectivity index (χ3v) is 4.04. The summed E-state index contributed by atoms with van der Waals surface area (Å²) < 4.78 is 5.79. The quantitative estimate of drug-likeness (QED) is 0.733. The largest absolute Gasteiger partial charge is 0.481 e. The van der Waals surface area contributed by atoms with Crippen LogP contribution in [0.2, 0.25) is 0 Å². The van der Waals surface area contributed by atoms with Crippen LogP contribution in [-0.2, 0) is 11.2 Å². The Morgan fingerprint density at radius 1 is 1.04 bits per heavy atom. The summed E-state index contributed by atoms with van der Waals surface area (Å²) in [7, 11) is 0. The number of nitrogens with one attached hydrogen (secondary N) is 1. The molecule has 0 aliphatic carbocycles. The van der Waals surface area contributed by atoms with E-state index < -0.39 is 6.10 Å². The first-order valence-electron chi connectivity index (χ1n) is 8.21. The number of carbonyl (C=O) groups is 1. The van der Waals surface area contributed by atoms with E-state index in [1.165, 1.54) is 5.56 Å². The number of fused-ring (bicyclic) bond motifs is 1. The highest BCUT2D eigenvalue weighted by molar-refractivity contribution is 6.03. The summed E-state index contributed by atoms with van der Waals surface area (Å²) in [5.74, 6) is 0.558. The number of benzene rings is 3. The molecule has 0 saturated heterocycles. The van der Waals surface area contributed by atoms with Gasteiger partial charge in [0.15, 0.2) is 6.10 Å². The fraction of sp³-hybridized carbons (Fsp3) is 0.190. The van der Waals surface area contributed by atoms with E-state index in [0.717, 1.165) is 28.6 Å². The van der Waals surface area contributed by atoms with Crippen molar-refractivity contribution in [1.82, 2.24) is 0 Å². The highest BCUT2D eigenvalue weighted by atomic mass is 16.5. The average Bonchev–Trinajstić information content (AvgIpc) is 2.62. The summed E-state index contributed by atoms with van der Waals surface area (Å²) in [5.41, 5.74) is 1.99. The van der Waals surface area contributed by atoms with Gasteiger partial charge in [-0.25, -0.2) is 0 Å². The molecular weight excluding hydrogens is 298 g/mol. The van der Waals surface area contributed by atoms with Gasteiger partial charge in [0.25, 0.3) is 5.91 Å². The number of rotatable bonds is 5. The maximum atomic E-state index is 12.5. The standard InChI is InChI=1S/C21H21NO2/c1-3-16-8-6-11-18(14-16)24-15(2)21(23)22-20-13-7-10-17-9-4-5-12-19(17)20/h4-15H,3H2,1-2H3,(H,22,23). The first-order chi connectivity index (χ1) is 11.7. The van der Waals surface area contributed by atoms with E-state index >= 15 is 0 Å². The zero-order chi connectivity index (χ0) is 16.9. The predicted molar refractivity (Wildman–Crippen MR) is 98.5 cm³/mol. The van der Waals surface area contributed by atoms with Crippen molar-refractivity contribution in [3.8, 4) is 5.75 Å². The molecule has 122 valence electrons. The first-order valence-corrected chi connectivity index (χ1v) is 8.21. The molecule has 1 amide bonds. The Morgan fingerprint density at radius 2 is 1.79 bits per heavy atom. The highest BCUT2D eigenvalue weighted by Crippen LogP contribution is 2.23. The lowest BCUT2D eigenvalue weighted by molar-refractivity contribution is -0.122. The predicted octanol–water partition coefficient (Wildman–Crippen LogP) is 4.81. The number of hydrogen-bond acceptors (Lipinski definition) is 2. The molecule has 3 aromatic rings. The van der Waals surface area contributed by atoms with E-state index in [2.05, 4.69) is 12.2 Å². The third-order valence-electron chi connectivity index (χ3n) is 4.04. The van der Waals surface area contributed by atoms with Crippen LogP contribution >= 0.6 is 0 Å². The monoisotopic (exact) mass is 319 g/mol. The molecule has 3 rings (SSSR count). The highest BCUT2D eigenvalue weighted by Gasteiger charge is 2.16. The van der Waals surface area contributed by atoms with E-state index in [1.807, 2.05) is 66.7 Å². The molecule has 0 aromatic heterocycles. The van der Waals surface area contributed by atoms with Crippen molar-refractivity contribution >= 4 is 22.4 Å². The fourth-order valence-electron chi connectivity index (χ4n) is 2.67. The van der Waals surface area contributed by atoms with Crippen LogP contribution in [-0.4, -0.2) is 12.0 Å². The second kappa shape index (κ2) is 7.18. The van der Waals surface area contributed by atoms with E-state index in [-0.39, 0.29) is 5.91 Å². The third kappa shape index (κ3) is 3.57. The normalized spacial score (nSPS) is 11.9.